The minimum absolute atomic E-state index is 0.00655. The van der Waals surface area contributed by atoms with Crippen molar-refractivity contribution in [1.82, 2.24) is 24.9 Å². The van der Waals surface area contributed by atoms with Crippen molar-refractivity contribution in [3.05, 3.63) is 23.8 Å². The normalized spacial score (nSPS) is 10.5. The summed E-state index contributed by atoms with van der Waals surface area (Å²) < 4.78 is 5.49. The molecule has 2 aromatic rings. The molecule has 8 nitrogen and oxygen atoms in total. The molecule has 0 unspecified atom stereocenters. The Morgan fingerprint density at radius 3 is 2.48 bits per heavy atom. The Bertz CT molecular complexity index is 586. The summed E-state index contributed by atoms with van der Waals surface area (Å²) >= 11 is 0. The Balaban J connectivity index is 2.09. The highest BCUT2D eigenvalue weighted by Gasteiger charge is 2.08. The van der Waals surface area contributed by atoms with Crippen LogP contribution in [0, 0.1) is 6.92 Å². The van der Waals surface area contributed by atoms with Crippen LogP contribution in [-0.4, -0.2) is 38.1 Å². The summed E-state index contributed by atoms with van der Waals surface area (Å²) in [7, 11) is 1.74. The first kappa shape index (κ1) is 14.9. The smallest absolute Gasteiger partial charge is 0.323 e. The lowest BCUT2D eigenvalue weighted by atomic mass is 10.4. The van der Waals surface area contributed by atoms with Gasteiger partial charge in [-0.2, -0.15) is 15.0 Å². The Morgan fingerprint density at radius 1 is 1.10 bits per heavy atom. The standard InChI is InChI=1S/C13H19N7O/c1-8(2)21-13-19-11(14-4)18-12(20-13)17-7-10-6-15-9(3)5-16-10/h5-6,8H,7H2,1-4H3,(H2,14,17,18,19,20). The van der Waals surface area contributed by atoms with Crippen LogP contribution < -0.4 is 15.4 Å². The molecule has 0 spiro atoms. The maximum Gasteiger partial charge on any atom is 0.323 e. The number of aromatic nitrogens is 5. The highest BCUT2D eigenvalue weighted by molar-refractivity contribution is 5.35. The first-order valence-electron chi connectivity index (χ1n) is 6.68. The summed E-state index contributed by atoms with van der Waals surface area (Å²) in [6.45, 7) is 6.20. The van der Waals surface area contributed by atoms with Gasteiger partial charge in [-0.25, -0.2) is 0 Å². The van der Waals surface area contributed by atoms with E-state index >= 15 is 0 Å². The number of nitrogens with zero attached hydrogens (tertiary/aromatic N) is 5. The van der Waals surface area contributed by atoms with Crippen LogP contribution in [0.4, 0.5) is 11.9 Å². The molecule has 2 N–H and O–H groups in total. The van der Waals surface area contributed by atoms with Crippen LogP contribution in [0.3, 0.4) is 0 Å². The second kappa shape index (κ2) is 6.78. The molecule has 112 valence electrons. The monoisotopic (exact) mass is 289 g/mol. The lowest BCUT2D eigenvalue weighted by molar-refractivity contribution is 0.222. The number of rotatable bonds is 6. The molecule has 0 atom stereocenters. The molecule has 21 heavy (non-hydrogen) atoms. The average molecular weight is 289 g/mol. The van der Waals surface area contributed by atoms with E-state index in [0.717, 1.165) is 11.4 Å². The molecule has 2 rings (SSSR count). The van der Waals surface area contributed by atoms with Crippen molar-refractivity contribution in [2.45, 2.75) is 33.4 Å². The van der Waals surface area contributed by atoms with Crippen molar-refractivity contribution in [2.24, 2.45) is 0 Å². The summed E-state index contributed by atoms with van der Waals surface area (Å²) in [5, 5.41) is 5.96. The van der Waals surface area contributed by atoms with Crippen molar-refractivity contribution in [2.75, 3.05) is 17.7 Å². The first-order valence-corrected chi connectivity index (χ1v) is 6.68. The van der Waals surface area contributed by atoms with E-state index in [-0.39, 0.29) is 12.1 Å². The van der Waals surface area contributed by atoms with Gasteiger partial charge < -0.3 is 15.4 Å². The number of hydrogen-bond acceptors (Lipinski definition) is 8. The third kappa shape index (κ3) is 4.51. The summed E-state index contributed by atoms with van der Waals surface area (Å²) in [6.07, 6.45) is 3.43. The van der Waals surface area contributed by atoms with Gasteiger partial charge in [0, 0.05) is 13.2 Å². The lowest BCUT2D eigenvalue weighted by Crippen LogP contribution is -2.13. The van der Waals surface area contributed by atoms with E-state index in [0.29, 0.717) is 18.4 Å². The van der Waals surface area contributed by atoms with E-state index in [1.807, 2.05) is 20.8 Å². The van der Waals surface area contributed by atoms with Crippen LogP contribution in [0.2, 0.25) is 0 Å². The van der Waals surface area contributed by atoms with Gasteiger partial charge in [-0.3, -0.25) is 9.97 Å². The minimum atomic E-state index is -0.00655. The Kier molecular flexibility index (Phi) is 4.81. The van der Waals surface area contributed by atoms with Gasteiger partial charge in [0.2, 0.25) is 11.9 Å². The van der Waals surface area contributed by atoms with Gasteiger partial charge in [-0.05, 0) is 20.8 Å². The first-order chi connectivity index (χ1) is 10.1. The fraction of sp³-hybridized carbons (Fsp3) is 0.462. The summed E-state index contributed by atoms with van der Waals surface area (Å²) in [4.78, 5) is 21.0. The number of anilines is 2. The summed E-state index contributed by atoms with van der Waals surface area (Å²) in [5.41, 5.74) is 1.68. The second-order valence-electron chi connectivity index (χ2n) is 4.68. The maximum absolute atomic E-state index is 5.49. The van der Waals surface area contributed by atoms with E-state index < -0.39 is 0 Å². The molecule has 0 aliphatic heterocycles. The third-order valence-electron chi connectivity index (χ3n) is 2.44. The van der Waals surface area contributed by atoms with Gasteiger partial charge in [0.15, 0.2) is 0 Å². The van der Waals surface area contributed by atoms with Crippen molar-refractivity contribution in [1.29, 1.82) is 0 Å². The molecule has 2 heterocycles. The highest BCUT2D eigenvalue weighted by atomic mass is 16.5. The predicted molar refractivity (Wildman–Crippen MR) is 79.2 cm³/mol. The number of nitrogens with one attached hydrogen (secondary N) is 2. The fourth-order valence-electron chi connectivity index (χ4n) is 1.49. The van der Waals surface area contributed by atoms with Gasteiger partial charge in [0.05, 0.1) is 30.2 Å². The van der Waals surface area contributed by atoms with Gasteiger partial charge in [-0.1, -0.05) is 0 Å². The quantitative estimate of drug-likeness (QED) is 0.823. The van der Waals surface area contributed by atoms with Crippen molar-refractivity contribution >= 4 is 11.9 Å². The fourth-order valence-corrected chi connectivity index (χ4v) is 1.49. The van der Waals surface area contributed by atoms with Gasteiger partial charge in [0.1, 0.15) is 0 Å². The van der Waals surface area contributed by atoms with E-state index in [9.17, 15) is 0 Å². The summed E-state index contributed by atoms with van der Waals surface area (Å²) in [5.74, 6) is 0.866. The van der Waals surface area contributed by atoms with E-state index in [1.165, 1.54) is 0 Å². The molecule has 0 aliphatic rings. The molecule has 0 saturated heterocycles. The topological polar surface area (TPSA) is 97.7 Å². The largest absolute Gasteiger partial charge is 0.461 e. The van der Waals surface area contributed by atoms with E-state index in [2.05, 4.69) is 35.6 Å². The highest BCUT2D eigenvalue weighted by Crippen LogP contribution is 2.12. The van der Waals surface area contributed by atoms with Crippen LogP contribution >= 0.6 is 0 Å². The molecule has 0 radical (unpaired) electrons. The van der Waals surface area contributed by atoms with Crippen molar-refractivity contribution in [3.8, 4) is 6.01 Å². The molecular weight excluding hydrogens is 270 g/mol. The minimum Gasteiger partial charge on any atom is -0.461 e. The van der Waals surface area contributed by atoms with Gasteiger partial charge in [-0.15, -0.1) is 0 Å². The molecule has 0 fully saturated rings. The Hall–Kier alpha value is -2.51. The lowest BCUT2D eigenvalue weighted by Gasteiger charge is -2.11. The van der Waals surface area contributed by atoms with E-state index in [1.54, 1.807) is 19.4 Å². The molecule has 2 aromatic heterocycles. The average Bonchev–Trinajstić information content (AvgIpc) is 2.45. The summed E-state index contributed by atoms with van der Waals surface area (Å²) in [6, 6.07) is 0.279. The second-order valence-corrected chi connectivity index (χ2v) is 4.68. The zero-order valence-corrected chi connectivity index (χ0v) is 12.6. The molecule has 0 saturated carbocycles. The zero-order chi connectivity index (χ0) is 15.2. The van der Waals surface area contributed by atoms with E-state index in [4.69, 9.17) is 4.74 Å². The molecule has 0 aliphatic carbocycles. The molecular formula is C13H19N7O. The van der Waals surface area contributed by atoms with Gasteiger partial charge in [0.25, 0.3) is 0 Å². The molecule has 8 heteroatoms. The SMILES string of the molecule is CNc1nc(NCc2cnc(C)cn2)nc(OC(C)C)n1. The molecule has 0 aromatic carbocycles. The van der Waals surface area contributed by atoms with Crippen LogP contribution in [0.5, 0.6) is 6.01 Å². The van der Waals surface area contributed by atoms with Crippen LogP contribution in [-0.2, 0) is 6.54 Å². The molecule has 0 bridgehead atoms. The number of hydrogen-bond donors (Lipinski definition) is 2. The molecule has 0 amide bonds. The number of aryl methyl sites for hydroxylation is 1. The predicted octanol–water partition coefficient (Wildman–Crippen LogP) is 1.41. The van der Waals surface area contributed by atoms with Crippen molar-refractivity contribution in [3.63, 3.8) is 0 Å². The van der Waals surface area contributed by atoms with Crippen LogP contribution in [0.15, 0.2) is 12.4 Å². The van der Waals surface area contributed by atoms with Crippen molar-refractivity contribution < 1.29 is 4.74 Å². The van der Waals surface area contributed by atoms with Gasteiger partial charge >= 0.3 is 6.01 Å². The van der Waals surface area contributed by atoms with Crippen LogP contribution in [0.1, 0.15) is 25.2 Å². The Morgan fingerprint density at radius 2 is 1.86 bits per heavy atom. The zero-order valence-electron chi connectivity index (χ0n) is 12.6. The Labute approximate surface area is 123 Å². The van der Waals surface area contributed by atoms with Crippen LogP contribution in [0.25, 0.3) is 0 Å². The number of ether oxygens (including phenoxy) is 1. The maximum atomic E-state index is 5.49. The third-order valence-corrected chi connectivity index (χ3v) is 2.44.